The molecule has 0 radical (unpaired) electrons. The van der Waals surface area contributed by atoms with Crippen LogP contribution in [0.3, 0.4) is 0 Å². The molecule has 0 saturated carbocycles. The Hall–Kier alpha value is -5.02. The Morgan fingerprint density at radius 3 is 1.81 bits per heavy atom. The summed E-state index contributed by atoms with van der Waals surface area (Å²) < 4.78 is 0. The normalized spacial score (nSPS) is 21.5. The molecule has 2 heterocycles. The Labute approximate surface area is 276 Å². The number of benzene rings is 6. The number of fused-ring (bicyclic) bond motifs is 6. The molecule has 0 bridgehead atoms. The van der Waals surface area contributed by atoms with Crippen molar-refractivity contribution in [1.29, 1.82) is 0 Å². The van der Waals surface area contributed by atoms with Gasteiger partial charge in [0.15, 0.2) is 0 Å². The van der Waals surface area contributed by atoms with E-state index in [1.807, 2.05) is 0 Å². The lowest BCUT2D eigenvalue weighted by molar-refractivity contribution is 0.534. The van der Waals surface area contributed by atoms with Gasteiger partial charge in [-0.15, -0.1) is 0 Å². The molecule has 3 aliphatic carbocycles. The number of hydrogen-bond donors (Lipinski definition) is 0. The molecule has 0 aromatic heterocycles. The first kappa shape index (κ1) is 26.1. The first-order valence-electron chi connectivity index (χ1n) is 17.4. The van der Waals surface area contributed by atoms with Gasteiger partial charge in [-0.25, -0.2) is 0 Å². The summed E-state index contributed by atoms with van der Waals surface area (Å²) in [4.78, 5) is 5.38. The van der Waals surface area contributed by atoms with E-state index in [0.29, 0.717) is 0 Å². The van der Waals surface area contributed by atoms with Crippen LogP contribution in [0.2, 0.25) is 5.82 Å². The molecule has 224 valence electrons. The van der Waals surface area contributed by atoms with Gasteiger partial charge in [-0.3, -0.25) is 0 Å². The highest BCUT2D eigenvalue weighted by atomic mass is 15.2. The van der Waals surface area contributed by atoms with E-state index in [-0.39, 0.29) is 18.1 Å². The van der Waals surface area contributed by atoms with E-state index >= 15 is 0 Å². The van der Waals surface area contributed by atoms with Crippen LogP contribution in [0.15, 0.2) is 133 Å². The molecule has 0 saturated heterocycles. The highest BCUT2D eigenvalue weighted by molar-refractivity contribution is 6.91. The fourth-order valence-corrected chi connectivity index (χ4v) is 10.5. The molecule has 6 aromatic carbocycles. The third kappa shape index (κ3) is 3.27. The van der Waals surface area contributed by atoms with Gasteiger partial charge in [0.1, 0.15) is 0 Å². The Kier molecular flexibility index (Phi) is 5.04. The summed E-state index contributed by atoms with van der Waals surface area (Å²) in [5, 5.41) is 5.80. The Balaban J connectivity index is 1.34. The van der Waals surface area contributed by atoms with Crippen LogP contribution < -0.4 is 20.7 Å². The van der Waals surface area contributed by atoms with Gasteiger partial charge >= 0.3 is 0 Å². The van der Waals surface area contributed by atoms with Crippen LogP contribution in [0.1, 0.15) is 36.1 Å². The van der Waals surface area contributed by atoms with Gasteiger partial charge in [0.05, 0.1) is 5.54 Å². The quantitative estimate of drug-likeness (QED) is 0.183. The van der Waals surface area contributed by atoms with Crippen LogP contribution in [0.25, 0.3) is 21.5 Å². The fourth-order valence-electron chi connectivity index (χ4n) is 10.5. The molecule has 47 heavy (non-hydrogen) atoms. The number of aryl methyl sites for hydroxylation is 4. The lowest BCUT2D eigenvalue weighted by Gasteiger charge is -2.59. The van der Waals surface area contributed by atoms with Gasteiger partial charge in [-0.2, -0.15) is 0 Å². The maximum Gasteiger partial charge on any atom is 0.226 e. The first-order chi connectivity index (χ1) is 23.1. The van der Waals surface area contributed by atoms with Crippen molar-refractivity contribution >= 4 is 61.9 Å². The predicted octanol–water partition coefficient (Wildman–Crippen LogP) is 9.08. The smallest absolute Gasteiger partial charge is 0.226 e. The van der Waals surface area contributed by atoms with Crippen molar-refractivity contribution in [2.75, 3.05) is 9.80 Å². The molecule has 0 amide bonds. The highest BCUT2D eigenvalue weighted by Gasteiger charge is 2.58. The Morgan fingerprint density at radius 1 is 0.617 bits per heavy atom. The number of anilines is 4. The zero-order chi connectivity index (χ0) is 31.0. The molecule has 11 rings (SSSR count). The summed E-state index contributed by atoms with van der Waals surface area (Å²) in [7, 11) is 0. The van der Waals surface area contributed by atoms with E-state index < -0.39 is 0 Å². The van der Waals surface area contributed by atoms with E-state index in [1.54, 1.807) is 0 Å². The monoisotopic (exact) mass is 602 g/mol. The average Bonchev–Trinajstić information content (AvgIpc) is 3.71. The molecule has 2 nitrogen and oxygen atoms in total. The van der Waals surface area contributed by atoms with Gasteiger partial charge in [-0.1, -0.05) is 96.6 Å². The lowest BCUT2D eigenvalue weighted by atomic mass is 9.26. The summed E-state index contributed by atoms with van der Waals surface area (Å²) >= 11 is 0. The van der Waals surface area contributed by atoms with Gasteiger partial charge < -0.3 is 9.80 Å². The molecule has 0 spiro atoms. The van der Waals surface area contributed by atoms with E-state index in [1.165, 1.54) is 88.7 Å². The van der Waals surface area contributed by atoms with Crippen molar-refractivity contribution in [2.45, 2.75) is 50.9 Å². The number of hydrogen-bond acceptors (Lipinski definition) is 2. The highest BCUT2D eigenvalue weighted by Crippen LogP contribution is 2.58. The summed E-state index contributed by atoms with van der Waals surface area (Å²) in [6, 6.07) is 41.8. The maximum absolute atomic E-state index is 2.73. The minimum absolute atomic E-state index is 0.218. The SMILES string of the molecule is CC1=CC2(C)C3B(c4cc5c6c(cccc6c4N(c4ccccc4)C3=C1)CC5)c1cc3c4c(cccc4c1N2c1ccccc1)CC3. The van der Waals surface area contributed by atoms with Gasteiger partial charge in [0, 0.05) is 45.0 Å². The minimum Gasteiger partial charge on any atom is -0.332 e. The lowest BCUT2D eigenvalue weighted by Crippen LogP contribution is -2.68. The van der Waals surface area contributed by atoms with Crippen molar-refractivity contribution in [1.82, 2.24) is 0 Å². The molecule has 0 N–H and O–H groups in total. The predicted molar refractivity (Wildman–Crippen MR) is 199 cm³/mol. The van der Waals surface area contributed by atoms with Crippen molar-refractivity contribution in [3.8, 4) is 0 Å². The number of allylic oxidation sites excluding steroid dienone is 2. The van der Waals surface area contributed by atoms with E-state index in [0.717, 1.165) is 25.7 Å². The van der Waals surface area contributed by atoms with Gasteiger partial charge in [0.2, 0.25) is 6.71 Å². The van der Waals surface area contributed by atoms with Crippen LogP contribution in [0, 0.1) is 0 Å². The number of rotatable bonds is 2. The summed E-state index contributed by atoms with van der Waals surface area (Å²) in [5.41, 5.74) is 16.8. The van der Waals surface area contributed by atoms with Crippen molar-refractivity contribution in [3.63, 3.8) is 0 Å². The topological polar surface area (TPSA) is 6.48 Å². The van der Waals surface area contributed by atoms with Crippen LogP contribution in [0.4, 0.5) is 22.7 Å². The minimum atomic E-state index is -0.298. The third-order valence-corrected chi connectivity index (χ3v) is 12.1. The summed E-state index contributed by atoms with van der Waals surface area (Å²) in [6.45, 7) is 5.06. The van der Waals surface area contributed by atoms with Gasteiger partial charge in [-0.05, 0) is 114 Å². The second kappa shape index (κ2) is 9.07. The van der Waals surface area contributed by atoms with E-state index in [4.69, 9.17) is 0 Å². The molecular formula is C44H35BN2. The third-order valence-electron chi connectivity index (χ3n) is 12.1. The molecular weight excluding hydrogens is 567 g/mol. The molecule has 6 aromatic rings. The second-order valence-corrected chi connectivity index (χ2v) is 14.6. The Morgan fingerprint density at radius 2 is 1.17 bits per heavy atom. The molecule has 2 atom stereocenters. The van der Waals surface area contributed by atoms with Crippen molar-refractivity contribution in [3.05, 3.63) is 155 Å². The fraction of sp³-hybridized carbons (Fsp3) is 0.182. The molecule has 5 aliphatic rings. The molecule has 3 heteroatoms. The van der Waals surface area contributed by atoms with Crippen molar-refractivity contribution in [2.24, 2.45) is 0 Å². The zero-order valence-corrected chi connectivity index (χ0v) is 26.9. The largest absolute Gasteiger partial charge is 0.332 e. The number of nitrogens with zero attached hydrogens (tertiary/aromatic N) is 2. The van der Waals surface area contributed by atoms with Gasteiger partial charge in [0.25, 0.3) is 0 Å². The van der Waals surface area contributed by atoms with Crippen LogP contribution in [-0.2, 0) is 25.7 Å². The maximum atomic E-state index is 2.73. The number of para-hydroxylation sites is 2. The van der Waals surface area contributed by atoms with Crippen LogP contribution in [0.5, 0.6) is 0 Å². The molecule has 2 unspecified atom stereocenters. The summed E-state index contributed by atoms with van der Waals surface area (Å²) in [5.74, 6) is 0.218. The Bertz CT molecular complexity index is 2410. The molecule has 0 fully saturated rings. The van der Waals surface area contributed by atoms with E-state index in [9.17, 15) is 0 Å². The second-order valence-electron chi connectivity index (χ2n) is 14.6. The van der Waals surface area contributed by atoms with Crippen LogP contribution in [-0.4, -0.2) is 12.3 Å². The summed E-state index contributed by atoms with van der Waals surface area (Å²) in [6.07, 6.45) is 9.60. The van der Waals surface area contributed by atoms with Crippen molar-refractivity contribution < 1.29 is 0 Å². The van der Waals surface area contributed by atoms with Crippen LogP contribution >= 0.6 is 0 Å². The standard InChI is InChI=1S/C44H35BN2/c1-27-23-38-43-44(2,26-27)47(33-15-7-4-8-16-33)42-35-18-10-12-29-20-22-31(40(29)35)25-37(42)45(43)36-24-30-21-19-28-11-9-17-34(39(28)30)41(36)46(38)32-13-5-3-6-14-32/h3-18,23-26,43H,19-22H2,1-2H3. The first-order valence-corrected chi connectivity index (χ1v) is 17.4. The zero-order valence-electron chi connectivity index (χ0n) is 26.9. The van der Waals surface area contributed by atoms with E-state index in [2.05, 4.69) is 145 Å². The average molecular weight is 603 g/mol. The molecule has 2 aliphatic heterocycles.